The highest BCUT2D eigenvalue weighted by Crippen LogP contribution is 2.56. The summed E-state index contributed by atoms with van der Waals surface area (Å²) in [6, 6.07) is 18.9. The van der Waals surface area contributed by atoms with Crippen LogP contribution in [0.3, 0.4) is 0 Å². The summed E-state index contributed by atoms with van der Waals surface area (Å²) in [6.07, 6.45) is 0.142. The van der Waals surface area contributed by atoms with Crippen molar-refractivity contribution in [3.8, 4) is 0 Å². The number of carbonyl (C=O) groups is 2. The number of esters is 1. The molecule has 1 fully saturated rings. The maximum Gasteiger partial charge on any atom is 0.307 e. The molecule has 4 nitrogen and oxygen atoms in total. The molecule has 0 unspecified atom stereocenters. The molecule has 2 aromatic carbocycles. The molecule has 1 aliphatic carbocycles. The Labute approximate surface area is 134 Å². The number of carbonyl (C=O) groups excluding carboxylic acids is 1. The third kappa shape index (κ3) is 3.59. The van der Waals surface area contributed by atoms with Gasteiger partial charge in [-0.25, -0.2) is 0 Å². The van der Waals surface area contributed by atoms with E-state index in [0.717, 1.165) is 11.1 Å². The van der Waals surface area contributed by atoms with Crippen molar-refractivity contribution in [1.82, 2.24) is 0 Å². The molecule has 3 atom stereocenters. The summed E-state index contributed by atoms with van der Waals surface area (Å²) in [4.78, 5) is 23.4. The average Bonchev–Trinajstić information content (AvgIpc) is 3.29. The smallest absolute Gasteiger partial charge is 0.307 e. The Morgan fingerprint density at radius 2 is 1.57 bits per heavy atom. The summed E-state index contributed by atoms with van der Waals surface area (Å²) in [5.41, 5.74) is 1.90. The molecule has 0 spiro atoms. The second-order valence-corrected chi connectivity index (χ2v) is 5.81. The molecule has 2 aromatic rings. The Morgan fingerprint density at radius 3 is 2.17 bits per heavy atom. The van der Waals surface area contributed by atoms with Gasteiger partial charge < -0.3 is 9.84 Å². The van der Waals surface area contributed by atoms with E-state index >= 15 is 0 Å². The number of rotatable bonds is 6. The molecule has 0 aromatic heterocycles. The lowest BCUT2D eigenvalue weighted by atomic mass is 10.1. The predicted octanol–water partition coefficient (Wildman–Crippen LogP) is 3.23. The molecule has 0 heterocycles. The first-order valence-corrected chi connectivity index (χ1v) is 7.64. The van der Waals surface area contributed by atoms with Crippen molar-refractivity contribution < 1.29 is 19.4 Å². The maximum atomic E-state index is 12.0. The van der Waals surface area contributed by atoms with E-state index in [2.05, 4.69) is 0 Å². The molecule has 0 radical (unpaired) electrons. The molecule has 4 heteroatoms. The number of carboxylic acid groups (broad SMARTS) is 1. The van der Waals surface area contributed by atoms with E-state index in [4.69, 9.17) is 4.74 Å². The number of hydrogen-bond donors (Lipinski definition) is 1. The SMILES string of the molecule is O=C(C[C@@H]1[C@@H](C(=O)O)[C@@H]1c1ccccc1)OCc1ccccc1. The molecule has 1 saturated carbocycles. The number of hydrogen-bond acceptors (Lipinski definition) is 3. The third-order valence-corrected chi connectivity index (χ3v) is 4.28. The van der Waals surface area contributed by atoms with Crippen molar-refractivity contribution in [2.24, 2.45) is 11.8 Å². The summed E-state index contributed by atoms with van der Waals surface area (Å²) in [6.45, 7) is 0.222. The third-order valence-electron chi connectivity index (χ3n) is 4.28. The molecule has 118 valence electrons. The topological polar surface area (TPSA) is 63.6 Å². The Kier molecular flexibility index (Phi) is 4.42. The highest BCUT2D eigenvalue weighted by atomic mass is 16.5. The number of aliphatic carboxylic acids is 1. The standard InChI is InChI=1S/C19H18O4/c20-16(23-12-13-7-3-1-4-8-13)11-15-17(18(15)19(21)22)14-9-5-2-6-10-14/h1-10,15,17-18H,11-12H2,(H,21,22)/t15-,17+,18+/m0/s1. The summed E-state index contributed by atoms with van der Waals surface area (Å²) in [5, 5.41) is 9.32. The van der Waals surface area contributed by atoms with E-state index in [1.54, 1.807) is 0 Å². The van der Waals surface area contributed by atoms with E-state index in [9.17, 15) is 14.7 Å². The lowest BCUT2D eigenvalue weighted by Crippen LogP contribution is -2.08. The molecular weight excluding hydrogens is 292 g/mol. The zero-order chi connectivity index (χ0) is 16.2. The van der Waals surface area contributed by atoms with E-state index in [-0.39, 0.29) is 30.8 Å². The molecular formula is C19H18O4. The van der Waals surface area contributed by atoms with Crippen LogP contribution in [-0.4, -0.2) is 17.0 Å². The van der Waals surface area contributed by atoms with Gasteiger partial charge in [-0.05, 0) is 17.0 Å². The predicted molar refractivity (Wildman–Crippen MR) is 84.7 cm³/mol. The first-order valence-electron chi connectivity index (χ1n) is 7.64. The van der Waals surface area contributed by atoms with Crippen LogP contribution in [0.15, 0.2) is 60.7 Å². The van der Waals surface area contributed by atoms with Crippen molar-refractivity contribution >= 4 is 11.9 Å². The fourth-order valence-corrected chi connectivity index (χ4v) is 3.08. The molecule has 23 heavy (non-hydrogen) atoms. The van der Waals surface area contributed by atoms with Crippen LogP contribution in [-0.2, 0) is 20.9 Å². The zero-order valence-electron chi connectivity index (χ0n) is 12.6. The van der Waals surface area contributed by atoms with Gasteiger partial charge in [0.05, 0.1) is 5.92 Å². The van der Waals surface area contributed by atoms with Gasteiger partial charge in [-0.3, -0.25) is 9.59 Å². The molecule has 0 bridgehead atoms. The Balaban J connectivity index is 1.58. The Bertz CT molecular complexity index is 681. The van der Waals surface area contributed by atoms with Crippen LogP contribution < -0.4 is 0 Å². The minimum Gasteiger partial charge on any atom is -0.481 e. The van der Waals surface area contributed by atoms with Crippen LogP contribution >= 0.6 is 0 Å². The number of benzene rings is 2. The van der Waals surface area contributed by atoms with Gasteiger partial charge in [0.25, 0.3) is 0 Å². The fourth-order valence-electron chi connectivity index (χ4n) is 3.08. The summed E-state index contributed by atoms with van der Waals surface area (Å²) in [5.74, 6) is -1.97. The van der Waals surface area contributed by atoms with Crippen LogP contribution in [0.5, 0.6) is 0 Å². The quantitative estimate of drug-likeness (QED) is 0.832. The minimum atomic E-state index is -0.847. The monoisotopic (exact) mass is 310 g/mol. The molecule has 0 aliphatic heterocycles. The molecule has 0 saturated heterocycles. The highest BCUT2D eigenvalue weighted by molar-refractivity contribution is 5.79. The van der Waals surface area contributed by atoms with Gasteiger partial charge in [0, 0.05) is 12.3 Å². The van der Waals surface area contributed by atoms with Crippen molar-refractivity contribution in [1.29, 1.82) is 0 Å². The average molecular weight is 310 g/mol. The second-order valence-electron chi connectivity index (χ2n) is 5.81. The van der Waals surface area contributed by atoms with Crippen LogP contribution in [0.25, 0.3) is 0 Å². The largest absolute Gasteiger partial charge is 0.481 e. The van der Waals surface area contributed by atoms with Crippen molar-refractivity contribution in [3.63, 3.8) is 0 Å². The maximum absolute atomic E-state index is 12.0. The van der Waals surface area contributed by atoms with Crippen LogP contribution in [0, 0.1) is 11.8 Å². The first kappa shape index (κ1) is 15.3. The first-order chi connectivity index (χ1) is 11.2. The normalized spacial score (nSPS) is 22.3. The van der Waals surface area contributed by atoms with Crippen molar-refractivity contribution in [2.75, 3.05) is 0 Å². The van der Waals surface area contributed by atoms with Crippen molar-refractivity contribution in [2.45, 2.75) is 18.9 Å². The van der Waals surface area contributed by atoms with Crippen LogP contribution in [0.2, 0.25) is 0 Å². The molecule has 3 rings (SSSR count). The Hall–Kier alpha value is -2.62. The van der Waals surface area contributed by atoms with Gasteiger partial charge in [-0.2, -0.15) is 0 Å². The number of ether oxygens (including phenoxy) is 1. The Morgan fingerprint density at radius 1 is 0.957 bits per heavy atom. The van der Waals surface area contributed by atoms with Gasteiger partial charge in [0.1, 0.15) is 6.61 Å². The minimum absolute atomic E-state index is 0.0991. The van der Waals surface area contributed by atoms with Gasteiger partial charge >= 0.3 is 11.9 Å². The lowest BCUT2D eigenvalue weighted by Gasteiger charge is -2.04. The summed E-state index contributed by atoms with van der Waals surface area (Å²) in [7, 11) is 0. The van der Waals surface area contributed by atoms with E-state index in [0.29, 0.717) is 0 Å². The molecule has 1 N–H and O–H groups in total. The lowest BCUT2D eigenvalue weighted by molar-refractivity contribution is -0.145. The fraction of sp³-hybridized carbons (Fsp3) is 0.263. The van der Waals surface area contributed by atoms with Crippen LogP contribution in [0.4, 0.5) is 0 Å². The van der Waals surface area contributed by atoms with Gasteiger partial charge in [0.15, 0.2) is 0 Å². The molecule has 1 aliphatic rings. The van der Waals surface area contributed by atoms with Crippen LogP contribution in [0.1, 0.15) is 23.5 Å². The van der Waals surface area contributed by atoms with Gasteiger partial charge in [-0.1, -0.05) is 60.7 Å². The van der Waals surface area contributed by atoms with Crippen molar-refractivity contribution in [3.05, 3.63) is 71.8 Å². The van der Waals surface area contributed by atoms with E-state index < -0.39 is 11.9 Å². The highest BCUT2D eigenvalue weighted by Gasteiger charge is 2.56. The van der Waals surface area contributed by atoms with Gasteiger partial charge in [-0.15, -0.1) is 0 Å². The molecule has 0 amide bonds. The second kappa shape index (κ2) is 6.65. The zero-order valence-corrected chi connectivity index (χ0v) is 12.6. The van der Waals surface area contributed by atoms with Gasteiger partial charge in [0.2, 0.25) is 0 Å². The summed E-state index contributed by atoms with van der Waals surface area (Å²) >= 11 is 0. The summed E-state index contributed by atoms with van der Waals surface area (Å²) < 4.78 is 5.26. The van der Waals surface area contributed by atoms with E-state index in [1.165, 1.54) is 0 Å². The number of carboxylic acids is 1. The van der Waals surface area contributed by atoms with E-state index in [1.807, 2.05) is 60.7 Å².